The van der Waals surface area contributed by atoms with Gasteiger partial charge >= 0.3 is 0 Å². The molecule has 2 aromatic heterocycles. The fourth-order valence-corrected chi connectivity index (χ4v) is 2.36. The fourth-order valence-electron chi connectivity index (χ4n) is 2.36. The molecule has 90 valence electrons. The normalized spacial score (nSPS) is 18.6. The smallest absolute Gasteiger partial charge is 0.182 e. The van der Waals surface area contributed by atoms with E-state index in [9.17, 15) is 5.11 Å². The maximum Gasteiger partial charge on any atom is 0.182 e. The first kappa shape index (κ1) is 10.5. The van der Waals surface area contributed by atoms with Gasteiger partial charge in [-0.05, 0) is 12.8 Å². The molecular formula is C11H15N5O. The monoisotopic (exact) mass is 233 g/mol. The number of imidazole rings is 1. The van der Waals surface area contributed by atoms with Gasteiger partial charge in [0.05, 0.1) is 11.9 Å². The Morgan fingerprint density at radius 2 is 2.12 bits per heavy atom. The first-order valence-corrected chi connectivity index (χ1v) is 5.87. The zero-order valence-corrected chi connectivity index (χ0v) is 9.48. The quantitative estimate of drug-likeness (QED) is 0.738. The molecule has 0 aliphatic heterocycles. The zero-order chi connectivity index (χ0) is 11.7. The van der Waals surface area contributed by atoms with E-state index in [1.807, 2.05) is 0 Å². The van der Waals surface area contributed by atoms with E-state index in [2.05, 4.69) is 25.3 Å². The Morgan fingerprint density at radius 3 is 2.94 bits per heavy atom. The van der Waals surface area contributed by atoms with Crippen molar-refractivity contribution in [2.24, 2.45) is 0 Å². The molecule has 0 bridgehead atoms. The molecule has 0 radical (unpaired) electrons. The van der Waals surface area contributed by atoms with Crippen molar-refractivity contribution in [1.82, 2.24) is 19.9 Å². The fraction of sp³-hybridized carbons (Fsp3) is 0.545. The molecule has 0 amide bonds. The van der Waals surface area contributed by atoms with E-state index in [4.69, 9.17) is 0 Å². The number of hydrogen-bond acceptors (Lipinski definition) is 5. The Hall–Kier alpha value is -1.69. The second kappa shape index (κ2) is 3.96. The lowest BCUT2D eigenvalue weighted by Crippen LogP contribution is -2.33. The van der Waals surface area contributed by atoms with Crippen LogP contribution >= 0.6 is 0 Å². The summed E-state index contributed by atoms with van der Waals surface area (Å²) in [6.45, 7) is 0.526. The average Bonchev–Trinajstić information content (AvgIpc) is 2.95. The molecule has 1 aliphatic carbocycles. The van der Waals surface area contributed by atoms with E-state index in [1.165, 1.54) is 6.33 Å². The predicted molar refractivity (Wildman–Crippen MR) is 63.6 cm³/mol. The number of aromatic amines is 1. The van der Waals surface area contributed by atoms with Gasteiger partial charge in [-0.15, -0.1) is 0 Å². The number of hydrogen-bond donors (Lipinski definition) is 3. The molecule has 1 saturated carbocycles. The summed E-state index contributed by atoms with van der Waals surface area (Å²) in [5.41, 5.74) is 0.840. The molecule has 1 aliphatic rings. The van der Waals surface area contributed by atoms with Crippen molar-refractivity contribution in [3.63, 3.8) is 0 Å². The maximum atomic E-state index is 10.2. The van der Waals surface area contributed by atoms with Crippen molar-refractivity contribution in [3.8, 4) is 0 Å². The number of nitrogens with zero attached hydrogens (tertiary/aromatic N) is 3. The topological polar surface area (TPSA) is 86.7 Å². The number of rotatable bonds is 3. The molecule has 2 heterocycles. The average molecular weight is 233 g/mol. The van der Waals surface area contributed by atoms with Gasteiger partial charge in [-0.2, -0.15) is 0 Å². The molecule has 1 fully saturated rings. The molecule has 2 aromatic rings. The Kier molecular flexibility index (Phi) is 2.44. The number of fused-ring (bicyclic) bond motifs is 1. The molecule has 3 N–H and O–H groups in total. The van der Waals surface area contributed by atoms with E-state index in [0.717, 1.165) is 31.2 Å². The van der Waals surface area contributed by atoms with Crippen LogP contribution in [0.3, 0.4) is 0 Å². The van der Waals surface area contributed by atoms with Gasteiger partial charge in [-0.3, -0.25) is 0 Å². The third kappa shape index (κ3) is 1.95. The molecule has 6 nitrogen and oxygen atoms in total. The molecule has 3 rings (SSSR count). The number of aliphatic hydroxyl groups is 1. The third-order valence-corrected chi connectivity index (χ3v) is 3.34. The number of nitrogens with one attached hydrogen (secondary N) is 2. The lowest BCUT2D eigenvalue weighted by Gasteiger charge is -2.22. The molecular weight excluding hydrogens is 218 g/mol. The summed E-state index contributed by atoms with van der Waals surface area (Å²) < 4.78 is 0. The van der Waals surface area contributed by atoms with Gasteiger partial charge in [0, 0.05) is 6.54 Å². The summed E-state index contributed by atoms with van der Waals surface area (Å²) >= 11 is 0. The predicted octanol–water partition coefficient (Wildman–Crippen LogP) is 1.07. The van der Waals surface area contributed by atoms with Crippen molar-refractivity contribution < 1.29 is 5.11 Å². The minimum Gasteiger partial charge on any atom is -0.388 e. The van der Waals surface area contributed by atoms with Crippen LogP contribution in [0.15, 0.2) is 12.7 Å². The SMILES string of the molecule is OC1(CNc2ncnc3nc[nH]c23)CCCC1. The summed E-state index contributed by atoms with van der Waals surface area (Å²) in [6.07, 6.45) is 6.98. The molecule has 0 unspecified atom stereocenters. The van der Waals surface area contributed by atoms with Crippen LogP contribution in [0, 0.1) is 0 Å². The minimum absolute atomic E-state index is 0.526. The zero-order valence-electron chi connectivity index (χ0n) is 9.48. The Labute approximate surface area is 98.5 Å². The Morgan fingerprint density at radius 1 is 1.29 bits per heavy atom. The van der Waals surface area contributed by atoms with E-state index in [0.29, 0.717) is 18.0 Å². The highest BCUT2D eigenvalue weighted by Crippen LogP contribution is 2.29. The first-order chi connectivity index (χ1) is 8.27. The Bertz CT molecular complexity index is 517. The lowest BCUT2D eigenvalue weighted by molar-refractivity contribution is 0.0614. The van der Waals surface area contributed by atoms with Crippen molar-refractivity contribution in [2.75, 3.05) is 11.9 Å². The first-order valence-electron chi connectivity index (χ1n) is 5.87. The second-order valence-corrected chi connectivity index (χ2v) is 4.61. The van der Waals surface area contributed by atoms with Crippen LogP contribution in [0.4, 0.5) is 5.82 Å². The number of aromatic nitrogens is 4. The van der Waals surface area contributed by atoms with Crippen LogP contribution in [0.1, 0.15) is 25.7 Å². The van der Waals surface area contributed by atoms with Gasteiger partial charge in [0.1, 0.15) is 11.8 Å². The van der Waals surface area contributed by atoms with Crippen molar-refractivity contribution in [2.45, 2.75) is 31.3 Å². The van der Waals surface area contributed by atoms with Gasteiger partial charge in [0.2, 0.25) is 0 Å². The molecule has 0 aromatic carbocycles. The van der Waals surface area contributed by atoms with Crippen LogP contribution in [0.2, 0.25) is 0 Å². The van der Waals surface area contributed by atoms with Crippen molar-refractivity contribution in [1.29, 1.82) is 0 Å². The number of H-pyrrole nitrogens is 1. The van der Waals surface area contributed by atoms with Gasteiger partial charge in [0.15, 0.2) is 11.5 Å². The van der Waals surface area contributed by atoms with Crippen LogP contribution < -0.4 is 5.32 Å². The van der Waals surface area contributed by atoms with Gasteiger partial charge < -0.3 is 15.4 Å². The minimum atomic E-state index is -0.586. The lowest BCUT2D eigenvalue weighted by atomic mass is 10.0. The highest BCUT2D eigenvalue weighted by atomic mass is 16.3. The largest absolute Gasteiger partial charge is 0.388 e. The molecule has 17 heavy (non-hydrogen) atoms. The maximum absolute atomic E-state index is 10.2. The third-order valence-electron chi connectivity index (χ3n) is 3.34. The van der Waals surface area contributed by atoms with Gasteiger partial charge in [-0.1, -0.05) is 12.8 Å². The summed E-state index contributed by atoms with van der Waals surface area (Å²) in [5.74, 6) is 0.702. The van der Waals surface area contributed by atoms with Crippen LogP contribution in [-0.2, 0) is 0 Å². The van der Waals surface area contributed by atoms with Crippen molar-refractivity contribution >= 4 is 17.0 Å². The highest BCUT2D eigenvalue weighted by molar-refractivity contribution is 5.81. The summed E-state index contributed by atoms with van der Waals surface area (Å²) in [7, 11) is 0. The van der Waals surface area contributed by atoms with E-state index >= 15 is 0 Å². The molecule has 0 atom stereocenters. The highest BCUT2D eigenvalue weighted by Gasteiger charge is 2.30. The number of anilines is 1. The van der Waals surface area contributed by atoms with E-state index in [1.54, 1.807) is 6.33 Å². The summed E-state index contributed by atoms with van der Waals surface area (Å²) in [5, 5.41) is 13.4. The van der Waals surface area contributed by atoms with Gasteiger partial charge in [0.25, 0.3) is 0 Å². The van der Waals surface area contributed by atoms with Crippen LogP contribution in [0.25, 0.3) is 11.2 Å². The van der Waals surface area contributed by atoms with Crippen LogP contribution in [0.5, 0.6) is 0 Å². The van der Waals surface area contributed by atoms with Crippen molar-refractivity contribution in [3.05, 3.63) is 12.7 Å². The van der Waals surface area contributed by atoms with Crippen LogP contribution in [-0.4, -0.2) is 37.2 Å². The molecule has 6 heteroatoms. The summed E-state index contributed by atoms with van der Waals surface area (Å²) in [6, 6.07) is 0. The molecule has 0 saturated heterocycles. The van der Waals surface area contributed by atoms with Gasteiger partial charge in [-0.25, -0.2) is 15.0 Å². The molecule has 0 spiro atoms. The second-order valence-electron chi connectivity index (χ2n) is 4.61. The van der Waals surface area contributed by atoms with E-state index in [-0.39, 0.29) is 0 Å². The standard InChI is InChI=1S/C11H15N5O/c17-11(3-1-2-4-11)5-12-9-8-10(14-6-13-8)16-7-15-9/h6-7,17H,1-5H2,(H2,12,13,14,15,16). The summed E-state index contributed by atoms with van der Waals surface area (Å²) in [4.78, 5) is 15.3. The Balaban J connectivity index is 1.78. The van der Waals surface area contributed by atoms with E-state index < -0.39 is 5.60 Å².